The summed E-state index contributed by atoms with van der Waals surface area (Å²) in [6.45, 7) is 3.19. The van der Waals surface area contributed by atoms with Crippen LogP contribution < -0.4 is 4.72 Å². The zero-order valence-electron chi connectivity index (χ0n) is 9.43. The van der Waals surface area contributed by atoms with E-state index in [9.17, 15) is 13.5 Å². The molecule has 0 spiro atoms. The van der Waals surface area contributed by atoms with Gasteiger partial charge in [-0.1, -0.05) is 6.92 Å². The van der Waals surface area contributed by atoms with Crippen LogP contribution in [0.4, 0.5) is 0 Å². The van der Waals surface area contributed by atoms with Gasteiger partial charge in [-0.05, 0) is 25.5 Å². The van der Waals surface area contributed by atoms with Gasteiger partial charge >= 0.3 is 0 Å². The van der Waals surface area contributed by atoms with E-state index in [1.165, 1.54) is 13.2 Å². The second-order valence-electron chi connectivity index (χ2n) is 3.89. The van der Waals surface area contributed by atoms with Crippen LogP contribution in [0.25, 0.3) is 0 Å². The lowest BCUT2D eigenvalue weighted by molar-refractivity contribution is 0.0395. The van der Waals surface area contributed by atoms with E-state index in [1.807, 2.05) is 0 Å². The van der Waals surface area contributed by atoms with Crippen LogP contribution in [-0.4, -0.2) is 25.8 Å². The highest BCUT2D eigenvalue weighted by Crippen LogP contribution is 2.19. The molecule has 0 aliphatic rings. The minimum atomic E-state index is -3.31. The van der Waals surface area contributed by atoms with Crippen LogP contribution in [0, 0.1) is 0 Å². The van der Waals surface area contributed by atoms with Crippen molar-refractivity contribution in [1.82, 2.24) is 4.72 Å². The molecule has 0 saturated carbocycles. The van der Waals surface area contributed by atoms with Crippen molar-refractivity contribution < 1.29 is 17.9 Å². The van der Waals surface area contributed by atoms with Crippen LogP contribution in [0.5, 0.6) is 0 Å². The molecule has 1 aromatic heterocycles. The topological polar surface area (TPSA) is 79.5 Å². The normalized spacial score (nSPS) is 15.9. The van der Waals surface area contributed by atoms with E-state index < -0.39 is 15.6 Å². The number of hydrogen-bond acceptors (Lipinski definition) is 4. The molecule has 0 aromatic carbocycles. The molecule has 2 N–H and O–H groups in total. The van der Waals surface area contributed by atoms with Gasteiger partial charge in [0, 0.05) is 6.54 Å². The average Bonchev–Trinajstić information content (AvgIpc) is 2.68. The van der Waals surface area contributed by atoms with E-state index in [2.05, 4.69) is 4.72 Å². The van der Waals surface area contributed by atoms with Crippen LogP contribution in [0.3, 0.4) is 0 Å². The third-order valence-corrected chi connectivity index (χ3v) is 3.69. The molecule has 6 heteroatoms. The fourth-order valence-electron chi connectivity index (χ4n) is 1.26. The molecule has 1 heterocycles. The van der Waals surface area contributed by atoms with Gasteiger partial charge in [-0.2, -0.15) is 0 Å². The maximum absolute atomic E-state index is 11.4. The van der Waals surface area contributed by atoms with Gasteiger partial charge in [-0.3, -0.25) is 0 Å². The Labute approximate surface area is 95.5 Å². The summed E-state index contributed by atoms with van der Waals surface area (Å²) in [7, 11) is -3.31. The number of aliphatic hydroxyl groups is 1. The van der Waals surface area contributed by atoms with Crippen LogP contribution in [-0.2, 0) is 15.6 Å². The SMILES string of the molecule is CCCS(=O)(=O)NCC(C)(O)c1ccco1. The van der Waals surface area contributed by atoms with Crippen LogP contribution >= 0.6 is 0 Å². The minimum absolute atomic E-state index is 0.0568. The Kier molecular flexibility index (Phi) is 4.12. The highest BCUT2D eigenvalue weighted by molar-refractivity contribution is 7.89. The molecule has 0 aliphatic carbocycles. The van der Waals surface area contributed by atoms with Crippen LogP contribution in [0.1, 0.15) is 26.0 Å². The molecule has 0 saturated heterocycles. The minimum Gasteiger partial charge on any atom is -0.466 e. The van der Waals surface area contributed by atoms with Gasteiger partial charge < -0.3 is 9.52 Å². The molecule has 5 nitrogen and oxygen atoms in total. The molecule has 1 atom stereocenters. The number of furan rings is 1. The molecule has 1 rings (SSSR count). The summed E-state index contributed by atoms with van der Waals surface area (Å²) in [5, 5.41) is 9.99. The second kappa shape index (κ2) is 4.99. The number of sulfonamides is 1. The maximum Gasteiger partial charge on any atom is 0.211 e. The monoisotopic (exact) mass is 247 g/mol. The van der Waals surface area contributed by atoms with E-state index >= 15 is 0 Å². The highest BCUT2D eigenvalue weighted by Gasteiger charge is 2.27. The molecule has 0 radical (unpaired) electrons. The lowest BCUT2D eigenvalue weighted by Gasteiger charge is -2.20. The fraction of sp³-hybridized carbons (Fsp3) is 0.600. The Morgan fingerprint density at radius 2 is 2.25 bits per heavy atom. The molecule has 0 fully saturated rings. The Bertz CT molecular complexity index is 408. The first kappa shape index (κ1) is 13.2. The quantitative estimate of drug-likeness (QED) is 0.780. The van der Waals surface area contributed by atoms with E-state index in [-0.39, 0.29) is 12.3 Å². The molecule has 0 amide bonds. The van der Waals surface area contributed by atoms with Crippen molar-refractivity contribution >= 4 is 10.0 Å². The first-order valence-corrected chi connectivity index (χ1v) is 6.76. The Morgan fingerprint density at radius 1 is 1.56 bits per heavy atom. The van der Waals surface area contributed by atoms with Gasteiger partial charge in [0.15, 0.2) is 0 Å². The fourth-order valence-corrected chi connectivity index (χ4v) is 2.45. The Morgan fingerprint density at radius 3 is 2.75 bits per heavy atom. The van der Waals surface area contributed by atoms with Crippen molar-refractivity contribution in [3.8, 4) is 0 Å². The number of nitrogens with one attached hydrogen (secondary N) is 1. The van der Waals surface area contributed by atoms with E-state index in [1.54, 1.807) is 19.1 Å². The van der Waals surface area contributed by atoms with Gasteiger partial charge in [-0.25, -0.2) is 13.1 Å². The first-order valence-electron chi connectivity index (χ1n) is 5.11. The lowest BCUT2D eigenvalue weighted by Crippen LogP contribution is -2.39. The van der Waals surface area contributed by atoms with Crippen molar-refractivity contribution in [3.63, 3.8) is 0 Å². The third-order valence-electron chi connectivity index (χ3n) is 2.16. The van der Waals surface area contributed by atoms with E-state index in [0.29, 0.717) is 12.2 Å². The second-order valence-corrected chi connectivity index (χ2v) is 5.82. The summed E-state index contributed by atoms with van der Waals surface area (Å²) in [4.78, 5) is 0. The molecule has 1 aromatic rings. The van der Waals surface area contributed by atoms with Crippen molar-refractivity contribution in [3.05, 3.63) is 24.2 Å². The summed E-state index contributed by atoms with van der Waals surface area (Å²) in [6, 6.07) is 3.25. The summed E-state index contributed by atoms with van der Waals surface area (Å²) in [6.07, 6.45) is 1.97. The average molecular weight is 247 g/mol. The Balaban J connectivity index is 2.62. The van der Waals surface area contributed by atoms with Crippen molar-refractivity contribution in [2.75, 3.05) is 12.3 Å². The molecule has 0 bridgehead atoms. The standard InChI is InChI=1S/C10H17NO4S/c1-3-7-16(13,14)11-8-10(2,12)9-5-4-6-15-9/h4-6,11-12H,3,7-8H2,1-2H3. The molecule has 92 valence electrons. The van der Waals surface area contributed by atoms with Gasteiger partial charge in [0.25, 0.3) is 0 Å². The van der Waals surface area contributed by atoms with Gasteiger partial charge in [-0.15, -0.1) is 0 Å². The zero-order chi connectivity index (χ0) is 12.2. The first-order chi connectivity index (χ1) is 7.37. The van der Waals surface area contributed by atoms with Crippen molar-refractivity contribution in [2.45, 2.75) is 25.9 Å². The molecule has 1 unspecified atom stereocenters. The van der Waals surface area contributed by atoms with Crippen molar-refractivity contribution in [2.24, 2.45) is 0 Å². The van der Waals surface area contributed by atoms with E-state index in [4.69, 9.17) is 4.42 Å². The largest absolute Gasteiger partial charge is 0.466 e. The van der Waals surface area contributed by atoms with Gasteiger partial charge in [0.1, 0.15) is 11.4 Å². The zero-order valence-corrected chi connectivity index (χ0v) is 10.3. The smallest absolute Gasteiger partial charge is 0.211 e. The van der Waals surface area contributed by atoms with Crippen LogP contribution in [0.15, 0.2) is 22.8 Å². The van der Waals surface area contributed by atoms with Gasteiger partial charge in [0.05, 0.1) is 12.0 Å². The Hall–Kier alpha value is -0.850. The van der Waals surface area contributed by atoms with E-state index in [0.717, 1.165) is 0 Å². The third kappa shape index (κ3) is 3.62. The highest BCUT2D eigenvalue weighted by atomic mass is 32.2. The summed E-state index contributed by atoms with van der Waals surface area (Å²) in [5.41, 5.74) is -1.33. The lowest BCUT2D eigenvalue weighted by atomic mass is 10.1. The molecule has 0 aliphatic heterocycles. The predicted octanol–water partition coefficient (Wildman–Crippen LogP) is 0.816. The number of rotatable bonds is 6. The maximum atomic E-state index is 11.4. The van der Waals surface area contributed by atoms with Gasteiger partial charge in [0.2, 0.25) is 10.0 Å². The summed E-state index contributed by atoms with van der Waals surface area (Å²) < 4.78 is 30.2. The predicted molar refractivity (Wildman–Crippen MR) is 60.4 cm³/mol. The molecular formula is C10H17NO4S. The van der Waals surface area contributed by atoms with Crippen LogP contribution in [0.2, 0.25) is 0 Å². The number of hydrogen-bond donors (Lipinski definition) is 2. The summed E-state index contributed by atoms with van der Waals surface area (Å²) >= 11 is 0. The van der Waals surface area contributed by atoms with Crippen molar-refractivity contribution in [1.29, 1.82) is 0 Å². The summed E-state index contributed by atoms with van der Waals surface area (Å²) in [5.74, 6) is 0.396. The molecule has 16 heavy (non-hydrogen) atoms. The molecular weight excluding hydrogens is 230 g/mol.